The second-order valence-electron chi connectivity index (χ2n) is 4.30. The molecule has 2 unspecified atom stereocenters. The van der Waals surface area contributed by atoms with E-state index in [1.54, 1.807) is 0 Å². The van der Waals surface area contributed by atoms with Gasteiger partial charge < -0.3 is 10.4 Å². The molecule has 0 aliphatic heterocycles. The molecule has 18 heavy (non-hydrogen) atoms. The van der Waals surface area contributed by atoms with Gasteiger partial charge in [0.1, 0.15) is 0 Å². The second kappa shape index (κ2) is 6.20. The number of hydrogen-bond donors (Lipinski definition) is 2. The van der Waals surface area contributed by atoms with E-state index in [9.17, 15) is 13.2 Å². The standard InChI is InChI=1S/C13H18F3NO/c1-3-12(8-18)17-9(2)10-4-6-11(7-5-10)13(14,15)16/h4-7,9,12,17-18H,3,8H2,1-2H3. The average molecular weight is 261 g/mol. The van der Waals surface area contributed by atoms with Crippen molar-refractivity contribution in [3.8, 4) is 0 Å². The Labute approximate surface area is 105 Å². The smallest absolute Gasteiger partial charge is 0.395 e. The fourth-order valence-electron chi connectivity index (χ4n) is 1.71. The van der Waals surface area contributed by atoms with Crippen LogP contribution in [0.5, 0.6) is 0 Å². The maximum atomic E-state index is 12.4. The first-order valence-electron chi connectivity index (χ1n) is 5.92. The van der Waals surface area contributed by atoms with Gasteiger partial charge in [0, 0.05) is 12.1 Å². The number of aliphatic hydroxyl groups excluding tert-OH is 1. The van der Waals surface area contributed by atoms with Crippen molar-refractivity contribution in [1.82, 2.24) is 5.32 Å². The third-order valence-corrected chi connectivity index (χ3v) is 2.94. The molecule has 1 rings (SSSR count). The molecule has 0 aliphatic carbocycles. The lowest BCUT2D eigenvalue weighted by Gasteiger charge is -2.21. The molecule has 0 aliphatic rings. The van der Waals surface area contributed by atoms with Gasteiger partial charge in [0.05, 0.1) is 12.2 Å². The molecule has 2 N–H and O–H groups in total. The lowest BCUT2D eigenvalue weighted by molar-refractivity contribution is -0.137. The Bertz CT molecular complexity index is 357. The summed E-state index contributed by atoms with van der Waals surface area (Å²) in [6, 6.07) is 4.95. The van der Waals surface area contributed by atoms with Crippen LogP contribution in [-0.4, -0.2) is 17.8 Å². The molecule has 2 atom stereocenters. The third-order valence-electron chi connectivity index (χ3n) is 2.94. The van der Waals surface area contributed by atoms with Gasteiger partial charge in [0.2, 0.25) is 0 Å². The molecular weight excluding hydrogens is 243 g/mol. The number of aliphatic hydroxyl groups is 1. The number of alkyl halides is 3. The second-order valence-corrected chi connectivity index (χ2v) is 4.30. The number of rotatable bonds is 5. The summed E-state index contributed by atoms with van der Waals surface area (Å²) < 4.78 is 37.2. The van der Waals surface area contributed by atoms with Crippen molar-refractivity contribution in [2.24, 2.45) is 0 Å². The molecule has 0 amide bonds. The number of hydrogen-bond acceptors (Lipinski definition) is 2. The summed E-state index contributed by atoms with van der Waals surface area (Å²) in [5.41, 5.74) is 0.127. The highest BCUT2D eigenvalue weighted by molar-refractivity contribution is 5.26. The minimum Gasteiger partial charge on any atom is -0.395 e. The summed E-state index contributed by atoms with van der Waals surface area (Å²) in [5, 5.41) is 12.2. The van der Waals surface area contributed by atoms with Gasteiger partial charge >= 0.3 is 6.18 Å². The van der Waals surface area contributed by atoms with E-state index in [-0.39, 0.29) is 18.7 Å². The molecule has 0 fully saturated rings. The molecule has 0 saturated carbocycles. The van der Waals surface area contributed by atoms with Crippen LogP contribution in [-0.2, 0) is 6.18 Å². The van der Waals surface area contributed by atoms with Crippen LogP contribution in [0.2, 0.25) is 0 Å². The van der Waals surface area contributed by atoms with E-state index >= 15 is 0 Å². The quantitative estimate of drug-likeness (QED) is 0.853. The first-order valence-corrected chi connectivity index (χ1v) is 5.92. The van der Waals surface area contributed by atoms with E-state index in [2.05, 4.69) is 5.32 Å². The van der Waals surface area contributed by atoms with Gasteiger partial charge in [-0.3, -0.25) is 0 Å². The molecule has 0 spiro atoms. The van der Waals surface area contributed by atoms with Gasteiger partial charge in [0.25, 0.3) is 0 Å². The van der Waals surface area contributed by atoms with Gasteiger partial charge in [-0.1, -0.05) is 19.1 Å². The minimum atomic E-state index is -4.30. The van der Waals surface area contributed by atoms with Gasteiger partial charge in [-0.05, 0) is 31.0 Å². The summed E-state index contributed by atoms with van der Waals surface area (Å²) in [6.45, 7) is 3.82. The predicted molar refractivity (Wildman–Crippen MR) is 64.2 cm³/mol. The van der Waals surface area contributed by atoms with E-state index < -0.39 is 11.7 Å². The SMILES string of the molecule is CCC(CO)NC(C)c1ccc(C(F)(F)F)cc1. The van der Waals surface area contributed by atoms with Crippen LogP contribution < -0.4 is 5.32 Å². The largest absolute Gasteiger partial charge is 0.416 e. The summed E-state index contributed by atoms with van der Waals surface area (Å²) in [7, 11) is 0. The van der Waals surface area contributed by atoms with Crippen molar-refractivity contribution in [3.05, 3.63) is 35.4 Å². The van der Waals surface area contributed by atoms with Crippen molar-refractivity contribution in [1.29, 1.82) is 0 Å². The fourth-order valence-corrected chi connectivity index (χ4v) is 1.71. The summed E-state index contributed by atoms with van der Waals surface area (Å²) >= 11 is 0. The van der Waals surface area contributed by atoms with Crippen LogP contribution >= 0.6 is 0 Å². The Morgan fingerprint density at radius 2 is 1.78 bits per heavy atom. The maximum absolute atomic E-state index is 12.4. The van der Waals surface area contributed by atoms with E-state index in [0.717, 1.165) is 24.1 Å². The van der Waals surface area contributed by atoms with Gasteiger partial charge in [-0.25, -0.2) is 0 Å². The van der Waals surface area contributed by atoms with Crippen LogP contribution in [0.15, 0.2) is 24.3 Å². The van der Waals surface area contributed by atoms with Gasteiger partial charge in [-0.2, -0.15) is 13.2 Å². The molecule has 102 valence electrons. The van der Waals surface area contributed by atoms with Crippen molar-refractivity contribution in [2.75, 3.05) is 6.61 Å². The average Bonchev–Trinajstić information content (AvgIpc) is 2.34. The molecular formula is C13H18F3NO. The zero-order chi connectivity index (χ0) is 13.8. The molecule has 0 aromatic heterocycles. The zero-order valence-corrected chi connectivity index (χ0v) is 10.5. The molecule has 0 bridgehead atoms. The fraction of sp³-hybridized carbons (Fsp3) is 0.538. The van der Waals surface area contributed by atoms with Crippen molar-refractivity contribution >= 4 is 0 Å². The predicted octanol–water partition coefficient (Wildman–Crippen LogP) is 3.13. The first kappa shape index (κ1) is 15.0. The van der Waals surface area contributed by atoms with Crippen molar-refractivity contribution < 1.29 is 18.3 Å². The van der Waals surface area contributed by atoms with Gasteiger partial charge in [0.15, 0.2) is 0 Å². The molecule has 1 aromatic rings. The van der Waals surface area contributed by atoms with E-state index in [1.807, 2.05) is 13.8 Å². The van der Waals surface area contributed by atoms with Crippen LogP contribution in [0.1, 0.15) is 37.4 Å². The van der Waals surface area contributed by atoms with Gasteiger partial charge in [-0.15, -0.1) is 0 Å². The van der Waals surface area contributed by atoms with Crippen molar-refractivity contribution in [2.45, 2.75) is 38.5 Å². The summed E-state index contributed by atoms with van der Waals surface area (Å²) in [5.74, 6) is 0. The molecule has 0 saturated heterocycles. The van der Waals surface area contributed by atoms with Crippen LogP contribution in [0, 0.1) is 0 Å². The zero-order valence-electron chi connectivity index (χ0n) is 10.5. The van der Waals surface area contributed by atoms with Crippen LogP contribution in [0.3, 0.4) is 0 Å². The number of nitrogens with one attached hydrogen (secondary N) is 1. The first-order chi connectivity index (χ1) is 8.38. The molecule has 5 heteroatoms. The topological polar surface area (TPSA) is 32.3 Å². The Hall–Kier alpha value is -1.07. The number of halogens is 3. The Kier molecular flexibility index (Phi) is 5.16. The highest BCUT2D eigenvalue weighted by Crippen LogP contribution is 2.29. The Balaban J connectivity index is 2.73. The molecule has 0 heterocycles. The third kappa shape index (κ3) is 3.99. The summed E-state index contributed by atoms with van der Waals surface area (Å²) in [6.07, 6.45) is -3.53. The highest BCUT2D eigenvalue weighted by Gasteiger charge is 2.30. The van der Waals surface area contributed by atoms with E-state index in [0.29, 0.717) is 0 Å². The molecule has 1 aromatic carbocycles. The molecule has 0 radical (unpaired) electrons. The summed E-state index contributed by atoms with van der Waals surface area (Å²) in [4.78, 5) is 0. The monoisotopic (exact) mass is 261 g/mol. The lowest BCUT2D eigenvalue weighted by Crippen LogP contribution is -2.33. The minimum absolute atomic E-state index is 0.0154. The van der Waals surface area contributed by atoms with Crippen LogP contribution in [0.4, 0.5) is 13.2 Å². The lowest BCUT2D eigenvalue weighted by atomic mass is 10.0. The van der Waals surface area contributed by atoms with Crippen LogP contribution in [0.25, 0.3) is 0 Å². The van der Waals surface area contributed by atoms with Crippen molar-refractivity contribution in [3.63, 3.8) is 0 Å². The highest BCUT2D eigenvalue weighted by atomic mass is 19.4. The molecule has 2 nitrogen and oxygen atoms in total. The Morgan fingerprint density at radius 3 is 2.17 bits per heavy atom. The Morgan fingerprint density at radius 1 is 1.22 bits per heavy atom. The van der Waals surface area contributed by atoms with E-state index in [1.165, 1.54) is 12.1 Å². The normalized spacial score (nSPS) is 15.4. The number of benzene rings is 1. The maximum Gasteiger partial charge on any atom is 0.416 e. The van der Waals surface area contributed by atoms with E-state index in [4.69, 9.17) is 5.11 Å².